The molecule has 0 N–H and O–H groups in total. The second-order valence-corrected chi connectivity index (χ2v) is 2.45. The molecule has 0 atom stereocenters. The first kappa shape index (κ1) is 12.4. The largest absolute Gasteiger partial charge is 0.456 e. The Morgan fingerprint density at radius 1 is 1.43 bits per heavy atom. The van der Waals surface area contributed by atoms with E-state index in [0.29, 0.717) is 19.6 Å². The van der Waals surface area contributed by atoms with Gasteiger partial charge in [0.2, 0.25) is 6.08 Å². The van der Waals surface area contributed by atoms with Crippen molar-refractivity contribution >= 4 is 12.0 Å². The molecule has 0 aliphatic carbocycles. The maximum absolute atomic E-state index is 10.7. The van der Waals surface area contributed by atoms with Crippen molar-refractivity contribution in [2.45, 2.75) is 26.2 Å². The number of carbonyl (C=O) groups is 1. The highest BCUT2D eigenvalue weighted by atomic mass is 16.5. The number of carbonyl (C=O) groups excluding carboxylic acids is 2. The zero-order valence-electron chi connectivity index (χ0n) is 8.21. The Labute approximate surface area is 83.4 Å². The molecular formula is C10H13NO3. The molecule has 76 valence electrons. The Bertz CT molecular complexity index is 269. The Morgan fingerprint density at radius 3 is 2.86 bits per heavy atom. The zero-order valence-corrected chi connectivity index (χ0v) is 8.21. The van der Waals surface area contributed by atoms with Gasteiger partial charge in [0, 0.05) is 12.3 Å². The van der Waals surface area contributed by atoms with Gasteiger partial charge in [-0.15, -0.1) is 0 Å². The molecule has 0 aliphatic heterocycles. The molecule has 0 rings (SSSR count). The van der Waals surface area contributed by atoms with Crippen LogP contribution < -0.4 is 0 Å². The molecule has 0 saturated heterocycles. The first-order valence-electron chi connectivity index (χ1n) is 4.50. The van der Waals surface area contributed by atoms with Crippen LogP contribution in [0.4, 0.5) is 0 Å². The van der Waals surface area contributed by atoms with Gasteiger partial charge in [-0.1, -0.05) is 5.92 Å². The van der Waals surface area contributed by atoms with Crippen LogP contribution in [0.15, 0.2) is 4.99 Å². The van der Waals surface area contributed by atoms with Crippen LogP contribution in [-0.4, -0.2) is 25.2 Å². The predicted octanol–water partition coefficient (Wildman–Crippen LogP) is 1.06. The fourth-order valence-corrected chi connectivity index (χ4v) is 0.752. The third-order valence-electron chi connectivity index (χ3n) is 1.35. The van der Waals surface area contributed by atoms with Gasteiger partial charge in [-0.3, -0.25) is 0 Å². The van der Waals surface area contributed by atoms with E-state index in [0.717, 1.165) is 12.8 Å². The lowest BCUT2D eigenvalue weighted by Crippen LogP contribution is -1.99. The van der Waals surface area contributed by atoms with E-state index in [4.69, 9.17) is 0 Å². The molecule has 0 saturated carbocycles. The van der Waals surface area contributed by atoms with Crippen LogP contribution >= 0.6 is 0 Å². The molecule has 0 heterocycles. The topological polar surface area (TPSA) is 55.7 Å². The molecule has 0 fully saturated rings. The second kappa shape index (κ2) is 9.50. The van der Waals surface area contributed by atoms with E-state index in [1.807, 2.05) is 0 Å². The van der Waals surface area contributed by atoms with Crippen LogP contribution in [0.1, 0.15) is 26.2 Å². The number of hydrogen-bond donors (Lipinski definition) is 0. The molecule has 0 aliphatic rings. The van der Waals surface area contributed by atoms with Crippen molar-refractivity contribution in [2.75, 3.05) is 13.2 Å². The lowest BCUT2D eigenvalue weighted by molar-refractivity contribution is -0.136. The molecule has 0 spiro atoms. The molecule has 0 bridgehead atoms. The molecule has 0 aromatic rings. The first-order valence-corrected chi connectivity index (χ1v) is 4.50. The lowest BCUT2D eigenvalue weighted by atomic mass is 10.2. The Balaban J connectivity index is 3.42. The maximum Gasteiger partial charge on any atom is 0.384 e. The number of ether oxygens (including phenoxy) is 1. The minimum atomic E-state index is -0.488. The van der Waals surface area contributed by atoms with Crippen LogP contribution in [0.25, 0.3) is 0 Å². The first-order chi connectivity index (χ1) is 6.81. The highest BCUT2D eigenvalue weighted by Crippen LogP contribution is 1.93. The quantitative estimate of drug-likeness (QED) is 0.164. The number of rotatable bonds is 5. The lowest BCUT2D eigenvalue weighted by Gasteiger charge is -1.91. The fraction of sp³-hybridized carbons (Fsp3) is 0.600. The second-order valence-electron chi connectivity index (χ2n) is 2.45. The summed E-state index contributed by atoms with van der Waals surface area (Å²) in [6.07, 6.45) is 3.68. The van der Waals surface area contributed by atoms with E-state index < -0.39 is 5.97 Å². The summed E-state index contributed by atoms with van der Waals surface area (Å²) in [4.78, 5) is 23.8. The minimum Gasteiger partial charge on any atom is -0.456 e. The Hall–Kier alpha value is -1.59. The van der Waals surface area contributed by atoms with Gasteiger partial charge < -0.3 is 4.74 Å². The average Bonchev–Trinajstić information content (AvgIpc) is 2.17. The summed E-state index contributed by atoms with van der Waals surface area (Å²) >= 11 is 0. The van der Waals surface area contributed by atoms with Crippen molar-refractivity contribution in [3.05, 3.63) is 0 Å². The number of esters is 1. The van der Waals surface area contributed by atoms with E-state index in [-0.39, 0.29) is 0 Å². The van der Waals surface area contributed by atoms with Crippen LogP contribution in [0, 0.1) is 11.8 Å². The number of isocyanates is 1. The summed E-state index contributed by atoms with van der Waals surface area (Å²) in [5.41, 5.74) is 0. The van der Waals surface area contributed by atoms with Crippen molar-refractivity contribution in [3.8, 4) is 11.8 Å². The van der Waals surface area contributed by atoms with Gasteiger partial charge >= 0.3 is 5.97 Å². The van der Waals surface area contributed by atoms with Crippen LogP contribution in [0.5, 0.6) is 0 Å². The number of aliphatic imine (C=N–C) groups is 1. The maximum atomic E-state index is 10.7. The van der Waals surface area contributed by atoms with E-state index >= 15 is 0 Å². The van der Waals surface area contributed by atoms with Crippen molar-refractivity contribution in [3.63, 3.8) is 0 Å². The minimum absolute atomic E-state index is 0.349. The van der Waals surface area contributed by atoms with Crippen LogP contribution in [0.2, 0.25) is 0 Å². The van der Waals surface area contributed by atoms with E-state index in [1.165, 1.54) is 6.08 Å². The third kappa shape index (κ3) is 8.51. The molecule has 0 aromatic carbocycles. The van der Waals surface area contributed by atoms with Gasteiger partial charge in [0.05, 0.1) is 13.2 Å². The van der Waals surface area contributed by atoms with Gasteiger partial charge in [-0.05, 0) is 19.8 Å². The van der Waals surface area contributed by atoms with E-state index in [2.05, 4.69) is 21.6 Å². The summed E-state index contributed by atoms with van der Waals surface area (Å²) < 4.78 is 4.60. The molecule has 14 heavy (non-hydrogen) atoms. The number of hydrogen-bond acceptors (Lipinski definition) is 4. The highest BCUT2D eigenvalue weighted by Gasteiger charge is 1.91. The van der Waals surface area contributed by atoms with Gasteiger partial charge in [-0.25, -0.2) is 14.6 Å². The third-order valence-corrected chi connectivity index (χ3v) is 1.35. The van der Waals surface area contributed by atoms with E-state index in [1.54, 1.807) is 6.92 Å². The van der Waals surface area contributed by atoms with Crippen molar-refractivity contribution in [2.24, 2.45) is 4.99 Å². The zero-order chi connectivity index (χ0) is 10.6. The average molecular weight is 195 g/mol. The Morgan fingerprint density at radius 2 is 2.21 bits per heavy atom. The number of nitrogens with zero attached hydrogens (tertiary/aromatic N) is 1. The van der Waals surface area contributed by atoms with Crippen LogP contribution in [-0.2, 0) is 14.3 Å². The standard InChI is InChI=1S/C10H13NO3/c1-2-14-10(13)7-5-3-4-6-8-11-9-12/h2-4,6,8H2,1H3. The molecule has 0 amide bonds. The SMILES string of the molecule is CCOC(=O)C#CCCCCN=C=O. The van der Waals surface area contributed by atoms with Crippen molar-refractivity contribution in [1.82, 2.24) is 0 Å². The Kier molecular flexibility index (Phi) is 8.42. The molecule has 4 nitrogen and oxygen atoms in total. The normalized spacial score (nSPS) is 8.07. The van der Waals surface area contributed by atoms with Gasteiger partial charge in [0.1, 0.15) is 0 Å². The predicted molar refractivity (Wildman–Crippen MR) is 51.2 cm³/mol. The van der Waals surface area contributed by atoms with Crippen LogP contribution in [0.3, 0.4) is 0 Å². The summed E-state index contributed by atoms with van der Waals surface area (Å²) in [6, 6.07) is 0. The molecule has 4 heteroatoms. The van der Waals surface area contributed by atoms with Crippen molar-refractivity contribution in [1.29, 1.82) is 0 Å². The summed E-state index contributed by atoms with van der Waals surface area (Å²) in [5.74, 6) is 4.55. The summed E-state index contributed by atoms with van der Waals surface area (Å²) in [5, 5.41) is 0. The molecule has 0 unspecified atom stereocenters. The number of unbranched alkanes of at least 4 members (excludes halogenated alkanes) is 2. The van der Waals surface area contributed by atoms with E-state index in [9.17, 15) is 9.59 Å². The van der Waals surface area contributed by atoms with Crippen molar-refractivity contribution < 1.29 is 14.3 Å². The van der Waals surface area contributed by atoms with Gasteiger partial charge in [-0.2, -0.15) is 0 Å². The summed E-state index contributed by atoms with van der Waals surface area (Å²) in [7, 11) is 0. The molecular weight excluding hydrogens is 182 g/mol. The molecule has 0 radical (unpaired) electrons. The van der Waals surface area contributed by atoms with Gasteiger partial charge in [0.25, 0.3) is 0 Å². The van der Waals surface area contributed by atoms with Gasteiger partial charge in [0.15, 0.2) is 0 Å². The highest BCUT2D eigenvalue weighted by molar-refractivity contribution is 5.88. The molecule has 0 aromatic heterocycles. The summed E-state index contributed by atoms with van der Waals surface area (Å²) in [6.45, 7) is 2.56. The fourth-order valence-electron chi connectivity index (χ4n) is 0.752. The smallest absolute Gasteiger partial charge is 0.384 e. The monoisotopic (exact) mass is 195 g/mol.